The van der Waals surface area contributed by atoms with Gasteiger partial charge in [-0.15, -0.1) is 0 Å². The Balaban J connectivity index is 1.85. The molecule has 1 fully saturated rings. The van der Waals surface area contributed by atoms with E-state index in [1.807, 2.05) is 6.92 Å². The fraction of sp³-hybridized carbons (Fsp3) is 0.211. The molecule has 1 unspecified atom stereocenters. The van der Waals surface area contributed by atoms with E-state index in [2.05, 4.69) is 5.32 Å². The topological polar surface area (TPSA) is 66.5 Å². The molecule has 7 heteroatoms. The van der Waals surface area contributed by atoms with Crippen molar-refractivity contribution in [3.05, 3.63) is 70.8 Å². The third kappa shape index (κ3) is 2.96. The highest BCUT2D eigenvalue weighted by Crippen LogP contribution is 2.29. The smallest absolute Gasteiger partial charge is 0.319 e. The van der Waals surface area contributed by atoms with Gasteiger partial charge in [0, 0.05) is 5.56 Å². The van der Waals surface area contributed by atoms with E-state index in [4.69, 9.17) is 0 Å². The minimum absolute atomic E-state index is 0.0973. The number of nitrogens with zero attached hydrogens (tertiary/aromatic N) is 1. The Morgan fingerprint density at radius 2 is 1.73 bits per heavy atom. The molecule has 134 valence electrons. The number of halogens is 2. The van der Waals surface area contributed by atoms with Crippen LogP contribution in [0.15, 0.2) is 42.5 Å². The lowest BCUT2D eigenvalue weighted by Crippen LogP contribution is -2.41. The summed E-state index contributed by atoms with van der Waals surface area (Å²) in [5.41, 5.74) is -0.126. The highest BCUT2D eigenvalue weighted by molar-refractivity contribution is 6.11. The number of hydrogen-bond acceptors (Lipinski definition) is 3. The molecule has 1 heterocycles. The van der Waals surface area contributed by atoms with Gasteiger partial charge in [0.1, 0.15) is 5.54 Å². The molecule has 26 heavy (non-hydrogen) atoms. The lowest BCUT2D eigenvalue weighted by atomic mass is 9.92. The van der Waals surface area contributed by atoms with E-state index in [0.29, 0.717) is 5.56 Å². The number of hydrogen-bond donors (Lipinski definition) is 1. The molecule has 0 aromatic heterocycles. The van der Waals surface area contributed by atoms with E-state index in [0.717, 1.165) is 22.6 Å². The zero-order valence-corrected chi connectivity index (χ0v) is 14.2. The number of benzene rings is 2. The van der Waals surface area contributed by atoms with Crippen molar-refractivity contribution in [2.24, 2.45) is 0 Å². The summed E-state index contributed by atoms with van der Waals surface area (Å²) in [5.74, 6) is -3.28. The van der Waals surface area contributed by atoms with Gasteiger partial charge in [-0.2, -0.15) is 0 Å². The highest BCUT2D eigenvalue weighted by atomic mass is 19.2. The number of urea groups is 1. The molecule has 1 aliphatic heterocycles. The molecule has 3 rings (SSSR count). The van der Waals surface area contributed by atoms with Crippen molar-refractivity contribution < 1.29 is 23.2 Å². The first-order valence-corrected chi connectivity index (χ1v) is 7.92. The first kappa shape index (κ1) is 17.7. The number of amides is 3. The molecule has 1 atom stereocenters. The van der Waals surface area contributed by atoms with E-state index in [-0.39, 0.29) is 5.56 Å². The third-order valence-corrected chi connectivity index (χ3v) is 4.45. The van der Waals surface area contributed by atoms with E-state index in [9.17, 15) is 23.2 Å². The maximum atomic E-state index is 13.5. The zero-order chi connectivity index (χ0) is 19.1. The lowest BCUT2D eigenvalue weighted by molar-refractivity contribution is -0.130. The zero-order valence-electron chi connectivity index (χ0n) is 14.2. The van der Waals surface area contributed by atoms with Gasteiger partial charge < -0.3 is 5.32 Å². The number of nitrogens with one attached hydrogen (secondary N) is 1. The maximum absolute atomic E-state index is 13.5. The lowest BCUT2D eigenvalue weighted by Gasteiger charge is -2.22. The van der Waals surface area contributed by atoms with Crippen molar-refractivity contribution in [3.63, 3.8) is 0 Å². The Morgan fingerprint density at radius 1 is 1.08 bits per heavy atom. The van der Waals surface area contributed by atoms with Crippen molar-refractivity contribution in [1.29, 1.82) is 0 Å². The van der Waals surface area contributed by atoms with E-state index >= 15 is 0 Å². The summed E-state index contributed by atoms with van der Waals surface area (Å²) < 4.78 is 26.7. The van der Waals surface area contributed by atoms with Gasteiger partial charge >= 0.3 is 6.03 Å². The van der Waals surface area contributed by atoms with Crippen LogP contribution in [0.25, 0.3) is 0 Å². The van der Waals surface area contributed by atoms with E-state index in [1.54, 1.807) is 24.3 Å². The van der Waals surface area contributed by atoms with E-state index in [1.165, 1.54) is 13.0 Å². The predicted octanol–water partition coefficient (Wildman–Crippen LogP) is 2.92. The first-order valence-electron chi connectivity index (χ1n) is 7.92. The number of ketones is 1. The second-order valence-corrected chi connectivity index (χ2v) is 6.36. The predicted molar refractivity (Wildman–Crippen MR) is 89.5 cm³/mol. The quantitative estimate of drug-likeness (QED) is 0.675. The minimum Gasteiger partial charge on any atom is -0.319 e. The Morgan fingerprint density at radius 3 is 2.35 bits per heavy atom. The normalized spacial score (nSPS) is 19.6. The summed E-state index contributed by atoms with van der Waals surface area (Å²) in [4.78, 5) is 38.1. The summed E-state index contributed by atoms with van der Waals surface area (Å²) in [6.45, 7) is 2.82. The van der Waals surface area contributed by atoms with Crippen LogP contribution in [0.5, 0.6) is 0 Å². The molecule has 1 N–H and O–H groups in total. The minimum atomic E-state index is -1.57. The van der Waals surface area contributed by atoms with Gasteiger partial charge in [0.15, 0.2) is 17.4 Å². The van der Waals surface area contributed by atoms with Crippen LogP contribution in [0, 0.1) is 18.6 Å². The molecule has 0 radical (unpaired) electrons. The van der Waals surface area contributed by atoms with Crippen LogP contribution in [0.3, 0.4) is 0 Å². The SMILES string of the molecule is Cc1ccc(C(=O)CN2C(=O)NC(C)(c3ccc(F)c(F)c3)C2=O)cc1. The van der Waals surface area contributed by atoms with Crippen LogP contribution in [-0.4, -0.2) is 29.2 Å². The number of carbonyl (C=O) groups is 3. The number of rotatable bonds is 4. The van der Waals surface area contributed by atoms with Gasteiger partial charge in [0.25, 0.3) is 5.91 Å². The van der Waals surface area contributed by atoms with Gasteiger partial charge in [-0.1, -0.05) is 35.9 Å². The van der Waals surface area contributed by atoms with Crippen LogP contribution >= 0.6 is 0 Å². The van der Waals surface area contributed by atoms with Crippen molar-refractivity contribution in [2.45, 2.75) is 19.4 Å². The maximum Gasteiger partial charge on any atom is 0.325 e. The van der Waals surface area contributed by atoms with Gasteiger partial charge in [-0.3, -0.25) is 14.5 Å². The number of aryl methyl sites for hydroxylation is 1. The fourth-order valence-electron chi connectivity index (χ4n) is 2.82. The van der Waals surface area contributed by atoms with Crippen molar-refractivity contribution in [3.8, 4) is 0 Å². The molecule has 3 amide bonds. The summed E-state index contributed by atoms with van der Waals surface area (Å²) >= 11 is 0. The average Bonchev–Trinajstić information content (AvgIpc) is 2.82. The summed E-state index contributed by atoms with van der Waals surface area (Å²) in [5, 5.41) is 2.46. The van der Waals surface area contributed by atoms with Crippen molar-refractivity contribution >= 4 is 17.7 Å². The van der Waals surface area contributed by atoms with Crippen LogP contribution in [0.2, 0.25) is 0 Å². The molecule has 0 saturated carbocycles. The second kappa shape index (κ2) is 6.33. The van der Waals surface area contributed by atoms with Crippen LogP contribution in [0.1, 0.15) is 28.4 Å². The number of carbonyl (C=O) groups excluding carboxylic acids is 3. The average molecular weight is 358 g/mol. The van der Waals surface area contributed by atoms with Gasteiger partial charge in [-0.05, 0) is 31.5 Å². The first-order chi connectivity index (χ1) is 12.2. The molecule has 1 aliphatic rings. The summed E-state index contributed by atoms with van der Waals surface area (Å²) in [6, 6.07) is 8.95. The Bertz CT molecular complexity index is 912. The highest BCUT2D eigenvalue weighted by Gasteiger charge is 2.49. The van der Waals surface area contributed by atoms with Crippen LogP contribution < -0.4 is 5.32 Å². The summed E-state index contributed by atoms with van der Waals surface area (Å²) in [6.07, 6.45) is 0. The molecule has 5 nitrogen and oxygen atoms in total. The largest absolute Gasteiger partial charge is 0.325 e. The molecule has 1 saturated heterocycles. The third-order valence-electron chi connectivity index (χ3n) is 4.45. The van der Waals surface area contributed by atoms with Crippen LogP contribution in [-0.2, 0) is 10.3 Å². The van der Waals surface area contributed by atoms with E-state index < -0.39 is 41.4 Å². The van der Waals surface area contributed by atoms with Gasteiger partial charge in [-0.25, -0.2) is 13.6 Å². The van der Waals surface area contributed by atoms with Gasteiger partial charge in [0.05, 0.1) is 6.54 Å². The Labute approximate surface area is 148 Å². The monoisotopic (exact) mass is 358 g/mol. The number of Topliss-reactive ketones (excluding diaryl/α,β-unsaturated/α-hetero) is 1. The molecular weight excluding hydrogens is 342 g/mol. The standard InChI is InChI=1S/C19H16F2N2O3/c1-11-3-5-12(6-4-11)16(24)10-23-17(25)19(2,22-18(23)26)13-7-8-14(20)15(21)9-13/h3-9H,10H2,1-2H3,(H,22,26). The molecule has 0 aliphatic carbocycles. The van der Waals surface area contributed by atoms with Gasteiger partial charge in [0.2, 0.25) is 0 Å². The second-order valence-electron chi connectivity index (χ2n) is 6.36. The Kier molecular flexibility index (Phi) is 4.31. The Hall–Kier alpha value is -3.09. The molecule has 2 aromatic rings. The molecule has 0 spiro atoms. The fourth-order valence-corrected chi connectivity index (χ4v) is 2.82. The van der Waals surface area contributed by atoms with Crippen molar-refractivity contribution in [1.82, 2.24) is 10.2 Å². The van der Waals surface area contributed by atoms with Crippen LogP contribution in [0.4, 0.5) is 13.6 Å². The molecule has 0 bridgehead atoms. The molecular formula is C19H16F2N2O3. The molecule has 2 aromatic carbocycles. The summed E-state index contributed by atoms with van der Waals surface area (Å²) in [7, 11) is 0. The number of imide groups is 1. The van der Waals surface area contributed by atoms with Crippen molar-refractivity contribution in [2.75, 3.05) is 6.54 Å².